The van der Waals surface area contributed by atoms with Gasteiger partial charge in [0.25, 0.3) is 5.91 Å². The van der Waals surface area contributed by atoms with E-state index in [0.717, 1.165) is 31.2 Å². The van der Waals surface area contributed by atoms with Crippen LogP contribution in [0, 0.1) is 11.3 Å². The Morgan fingerprint density at radius 3 is 2.39 bits per heavy atom. The van der Waals surface area contributed by atoms with E-state index >= 15 is 0 Å². The number of nitrogens with zero attached hydrogens (tertiary/aromatic N) is 3. The maximum absolute atomic E-state index is 13.6. The molecule has 2 amide bonds. The van der Waals surface area contributed by atoms with Crippen molar-refractivity contribution in [3.63, 3.8) is 0 Å². The van der Waals surface area contributed by atoms with Crippen LogP contribution in [0.4, 0.5) is 5.69 Å². The molecule has 0 aromatic heterocycles. The monoisotopic (exact) mass is 499 g/mol. The fraction of sp³-hybridized carbons (Fsp3) is 0.320. The molecular weight excluding hydrogens is 477 g/mol. The van der Waals surface area contributed by atoms with Crippen LogP contribution in [-0.2, 0) is 16.0 Å². The molecule has 0 spiro atoms. The number of para-hydroxylation sites is 1. The van der Waals surface area contributed by atoms with Crippen molar-refractivity contribution >= 4 is 52.5 Å². The Morgan fingerprint density at radius 1 is 1.03 bits per heavy atom. The first-order valence-corrected chi connectivity index (χ1v) is 12.6. The molecule has 0 radical (unpaired) electrons. The summed E-state index contributed by atoms with van der Waals surface area (Å²) in [5, 5.41) is 10.7. The Labute approximate surface area is 207 Å². The fourth-order valence-corrected chi connectivity index (χ4v) is 5.82. The number of nitriles is 1. The molecule has 0 saturated carbocycles. The Kier molecular flexibility index (Phi) is 7.64. The van der Waals surface area contributed by atoms with Crippen molar-refractivity contribution in [2.45, 2.75) is 37.4 Å². The molecule has 0 bridgehead atoms. The Bertz CT molecular complexity index is 1120. The maximum Gasteiger partial charge on any atom is 0.267 e. The number of rotatable bonds is 4. The molecule has 2 aromatic rings. The molecule has 2 heterocycles. The molecule has 0 N–H and O–H groups in total. The number of thioether (sulfide) groups is 1. The molecule has 33 heavy (non-hydrogen) atoms. The zero-order valence-electron chi connectivity index (χ0n) is 18.0. The summed E-state index contributed by atoms with van der Waals surface area (Å²) in [5.41, 5.74) is 1.39. The smallest absolute Gasteiger partial charge is 0.267 e. The molecule has 2 saturated heterocycles. The van der Waals surface area contributed by atoms with E-state index in [1.165, 1.54) is 16.7 Å². The highest BCUT2D eigenvalue weighted by atomic mass is 35.5. The first-order valence-electron chi connectivity index (χ1n) is 10.9. The molecule has 2 aliphatic heterocycles. The Morgan fingerprint density at radius 2 is 1.73 bits per heavy atom. The Hall–Kier alpha value is -2.46. The number of hydrogen-bond donors (Lipinski definition) is 0. The van der Waals surface area contributed by atoms with Gasteiger partial charge < -0.3 is 4.90 Å². The lowest BCUT2D eigenvalue weighted by atomic mass is 10.1. The van der Waals surface area contributed by atoms with Crippen molar-refractivity contribution in [2.24, 2.45) is 0 Å². The average molecular weight is 500 g/mol. The highest BCUT2D eigenvalue weighted by Gasteiger charge is 2.41. The van der Waals surface area contributed by atoms with Gasteiger partial charge in [0.2, 0.25) is 5.91 Å². The standard InChI is InChI=1S/C25H23Cl2N3O2S/c26-20-12-8-9-17(22(20)27)15-21-24(32)30(18-10-4-3-5-11-18)25(33-21)19(16-28)23(31)29-13-6-1-2-7-14-29/h3-5,8-12,21H,1-2,6-7,13-15H2/b25-19-/t21-/m1/s1. The van der Waals surface area contributed by atoms with Crippen molar-refractivity contribution in [3.8, 4) is 6.07 Å². The normalized spacial score (nSPS) is 20.4. The summed E-state index contributed by atoms with van der Waals surface area (Å²) < 4.78 is 0. The molecule has 8 heteroatoms. The summed E-state index contributed by atoms with van der Waals surface area (Å²) in [7, 11) is 0. The van der Waals surface area contributed by atoms with E-state index in [-0.39, 0.29) is 17.4 Å². The molecule has 2 aromatic carbocycles. The largest absolute Gasteiger partial charge is 0.338 e. The summed E-state index contributed by atoms with van der Waals surface area (Å²) in [6, 6.07) is 16.6. The zero-order chi connectivity index (χ0) is 23.4. The van der Waals surface area contributed by atoms with Crippen LogP contribution in [0.25, 0.3) is 0 Å². The SMILES string of the molecule is N#C/C(C(=O)N1CCCCCC1)=C1/S[C@H](Cc2cccc(Cl)c2Cl)C(=O)N1c1ccccc1. The predicted octanol–water partition coefficient (Wildman–Crippen LogP) is 5.82. The van der Waals surface area contributed by atoms with E-state index < -0.39 is 5.25 Å². The number of hydrogen-bond acceptors (Lipinski definition) is 4. The van der Waals surface area contributed by atoms with Gasteiger partial charge >= 0.3 is 0 Å². The third kappa shape index (κ3) is 5.06. The molecule has 2 fully saturated rings. The minimum Gasteiger partial charge on any atom is -0.338 e. The third-order valence-electron chi connectivity index (χ3n) is 5.84. The van der Waals surface area contributed by atoms with Gasteiger partial charge in [-0.15, -0.1) is 0 Å². The van der Waals surface area contributed by atoms with E-state index in [4.69, 9.17) is 23.2 Å². The zero-order valence-corrected chi connectivity index (χ0v) is 20.3. The van der Waals surface area contributed by atoms with Crippen molar-refractivity contribution in [1.29, 1.82) is 5.26 Å². The number of amides is 2. The van der Waals surface area contributed by atoms with Crippen LogP contribution >= 0.6 is 35.0 Å². The molecule has 2 aliphatic rings. The van der Waals surface area contributed by atoms with Crippen LogP contribution in [0.3, 0.4) is 0 Å². The van der Waals surface area contributed by atoms with Crippen molar-refractivity contribution in [1.82, 2.24) is 4.90 Å². The van der Waals surface area contributed by atoms with Crippen molar-refractivity contribution < 1.29 is 9.59 Å². The summed E-state index contributed by atoms with van der Waals surface area (Å²) in [5.74, 6) is -0.495. The van der Waals surface area contributed by atoms with Gasteiger partial charge in [0.05, 0.1) is 15.3 Å². The van der Waals surface area contributed by atoms with E-state index in [1.807, 2.05) is 24.3 Å². The van der Waals surface area contributed by atoms with Crippen LogP contribution in [0.5, 0.6) is 0 Å². The molecule has 0 unspecified atom stereocenters. The number of carbonyl (C=O) groups excluding carboxylic acids is 2. The average Bonchev–Trinajstić information content (AvgIpc) is 2.98. The van der Waals surface area contributed by atoms with Crippen LogP contribution in [-0.4, -0.2) is 35.1 Å². The number of likely N-dealkylation sites (tertiary alicyclic amines) is 1. The number of benzene rings is 2. The van der Waals surface area contributed by atoms with Crippen LogP contribution < -0.4 is 4.90 Å². The van der Waals surface area contributed by atoms with E-state index in [1.54, 1.807) is 29.2 Å². The summed E-state index contributed by atoms with van der Waals surface area (Å²) in [6.45, 7) is 1.26. The second kappa shape index (κ2) is 10.6. The van der Waals surface area contributed by atoms with E-state index in [9.17, 15) is 14.9 Å². The lowest BCUT2D eigenvalue weighted by Crippen LogP contribution is -2.35. The highest BCUT2D eigenvalue weighted by molar-refractivity contribution is 8.05. The molecule has 4 rings (SSSR count). The van der Waals surface area contributed by atoms with Crippen LogP contribution in [0.15, 0.2) is 59.1 Å². The van der Waals surface area contributed by atoms with Crippen molar-refractivity contribution in [3.05, 3.63) is 74.7 Å². The minimum atomic E-state index is -0.531. The topological polar surface area (TPSA) is 64.4 Å². The number of halogens is 2. The quantitative estimate of drug-likeness (QED) is 0.392. The third-order valence-corrected chi connectivity index (χ3v) is 7.96. The van der Waals surface area contributed by atoms with Gasteiger partial charge in [-0.3, -0.25) is 14.5 Å². The lowest BCUT2D eigenvalue weighted by Gasteiger charge is -2.23. The fourth-order valence-electron chi connectivity index (χ4n) is 4.13. The molecule has 5 nitrogen and oxygen atoms in total. The molecule has 0 aliphatic carbocycles. The van der Waals surface area contributed by atoms with Crippen LogP contribution in [0.1, 0.15) is 31.2 Å². The highest BCUT2D eigenvalue weighted by Crippen LogP contribution is 2.43. The lowest BCUT2D eigenvalue weighted by molar-refractivity contribution is -0.126. The van der Waals surface area contributed by atoms with Gasteiger partial charge in [0, 0.05) is 18.8 Å². The van der Waals surface area contributed by atoms with Gasteiger partial charge in [-0.05, 0) is 43.0 Å². The number of anilines is 1. The maximum atomic E-state index is 13.6. The predicted molar refractivity (Wildman–Crippen MR) is 133 cm³/mol. The second-order valence-electron chi connectivity index (χ2n) is 8.03. The Balaban J connectivity index is 1.73. The summed E-state index contributed by atoms with van der Waals surface area (Å²) in [6.07, 6.45) is 4.34. The molecule has 1 atom stereocenters. The second-order valence-corrected chi connectivity index (χ2v) is 10.0. The molecule has 170 valence electrons. The van der Waals surface area contributed by atoms with Crippen LogP contribution in [0.2, 0.25) is 10.0 Å². The first-order chi connectivity index (χ1) is 16.0. The van der Waals surface area contributed by atoms with Gasteiger partial charge in [-0.1, -0.05) is 78.1 Å². The molecular formula is C25H23Cl2N3O2S. The summed E-state index contributed by atoms with van der Waals surface area (Å²) in [4.78, 5) is 30.2. The van der Waals surface area contributed by atoms with Gasteiger partial charge in [-0.2, -0.15) is 5.26 Å². The van der Waals surface area contributed by atoms with E-state index in [0.29, 0.717) is 40.3 Å². The van der Waals surface area contributed by atoms with Gasteiger partial charge in [-0.25, -0.2) is 0 Å². The van der Waals surface area contributed by atoms with E-state index in [2.05, 4.69) is 6.07 Å². The van der Waals surface area contributed by atoms with Gasteiger partial charge in [0.1, 0.15) is 16.7 Å². The van der Waals surface area contributed by atoms with Gasteiger partial charge in [0.15, 0.2) is 0 Å². The summed E-state index contributed by atoms with van der Waals surface area (Å²) >= 11 is 13.8. The minimum absolute atomic E-state index is 0.0128. The number of carbonyl (C=O) groups is 2. The first kappa shape index (κ1) is 23.7. The van der Waals surface area contributed by atoms with Crippen molar-refractivity contribution in [2.75, 3.05) is 18.0 Å².